The van der Waals surface area contributed by atoms with Gasteiger partial charge in [-0.05, 0) is 24.0 Å². The van der Waals surface area contributed by atoms with Gasteiger partial charge in [0.25, 0.3) is 5.91 Å². The van der Waals surface area contributed by atoms with E-state index in [1.165, 1.54) is 0 Å². The first-order chi connectivity index (χ1) is 9.45. The van der Waals surface area contributed by atoms with E-state index in [-0.39, 0.29) is 23.1 Å². The lowest BCUT2D eigenvalue weighted by Crippen LogP contribution is -2.30. The van der Waals surface area contributed by atoms with Crippen LogP contribution < -0.4 is 16.4 Å². The van der Waals surface area contributed by atoms with E-state index >= 15 is 0 Å². The zero-order chi connectivity index (χ0) is 14.8. The number of anilines is 1. The molecule has 0 bridgehead atoms. The molecular formula is C15H21N3O2. The minimum atomic E-state index is -0.221. The largest absolute Gasteiger partial charge is 0.351 e. The maximum Gasteiger partial charge on any atom is 0.253 e. The third-order valence-corrected chi connectivity index (χ3v) is 3.69. The van der Waals surface area contributed by atoms with Crippen LogP contribution in [-0.4, -0.2) is 24.9 Å². The van der Waals surface area contributed by atoms with Gasteiger partial charge in [0.1, 0.15) is 0 Å². The average molecular weight is 275 g/mol. The van der Waals surface area contributed by atoms with Crippen molar-refractivity contribution in [2.45, 2.75) is 20.3 Å². The van der Waals surface area contributed by atoms with Crippen molar-refractivity contribution in [1.29, 1.82) is 0 Å². The lowest BCUT2D eigenvalue weighted by molar-refractivity contribution is -0.118. The van der Waals surface area contributed by atoms with E-state index in [1.54, 1.807) is 24.3 Å². The van der Waals surface area contributed by atoms with Gasteiger partial charge < -0.3 is 16.4 Å². The molecule has 1 fully saturated rings. The average Bonchev–Trinajstić information content (AvgIpc) is 3.06. The fourth-order valence-electron chi connectivity index (χ4n) is 2.21. The highest BCUT2D eigenvalue weighted by Gasteiger charge is 2.50. The van der Waals surface area contributed by atoms with Gasteiger partial charge in [0.15, 0.2) is 0 Å². The van der Waals surface area contributed by atoms with Crippen LogP contribution in [-0.2, 0) is 4.79 Å². The monoisotopic (exact) mass is 275 g/mol. The highest BCUT2D eigenvalue weighted by atomic mass is 16.2. The van der Waals surface area contributed by atoms with Crippen molar-refractivity contribution in [1.82, 2.24) is 5.32 Å². The third-order valence-electron chi connectivity index (χ3n) is 3.69. The number of rotatable bonds is 5. The molecule has 2 amide bonds. The Morgan fingerprint density at radius 3 is 2.60 bits per heavy atom. The van der Waals surface area contributed by atoms with Crippen molar-refractivity contribution in [3.05, 3.63) is 29.8 Å². The number of carbonyl (C=O) groups excluding carboxylic acids is 2. The lowest BCUT2D eigenvalue weighted by atomic mass is 10.1. The van der Waals surface area contributed by atoms with Gasteiger partial charge in [0, 0.05) is 19.0 Å². The summed E-state index contributed by atoms with van der Waals surface area (Å²) in [5.74, 6) is -0.210. The second kappa shape index (κ2) is 5.63. The predicted molar refractivity (Wildman–Crippen MR) is 78.3 cm³/mol. The molecule has 1 unspecified atom stereocenters. The highest BCUT2D eigenvalue weighted by molar-refractivity contribution is 6.04. The summed E-state index contributed by atoms with van der Waals surface area (Å²) >= 11 is 0. The van der Waals surface area contributed by atoms with Crippen LogP contribution in [0.5, 0.6) is 0 Å². The van der Waals surface area contributed by atoms with Crippen LogP contribution in [0.4, 0.5) is 5.69 Å². The molecule has 5 heteroatoms. The van der Waals surface area contributed by atoms with E-state index in [2.05, 4.69) is 24.5 Å². The number of hydrogen-bond donors (Lipinski definition) is 3. The molecule has 108 valence electrons. The molecule has 2 rings (SSSR count). The normalized spacial score (nSPS) is 19.2. The molecule has 0 heterocycles. The van der Waals surface area contributed by atoms with Crippen LogP contribution in [0.1, 0.15) is 30.6 Å². The van der Waals surface area contributed by atoms with E-state index in [4.69, 9.17) is 5.73 Å². The zero-order valence-electron chi connectivity index (χ0n) is 11.9. The summed E-state index contributed by atoms with van der Waals surface area (Å²) in [7, 11) is 0. The van der Waals surface area contributed by atoms with Gasteiger partial charge in [0.05, 0.1) is 11.3 Å². The Morgan fingerprint density at radius 1 is 1.35 bits per heavy atom. The van der Waals surface area contributed by atoms with E-state index in [1.807, 2.05) is 0 Å². The van der Waals surface area contributed by atoms with Gasteiger partial charge in [-0.1, -0.05) is 26.0 Å². The minimum Gasteiger partial charge on any atom is -0.351 e. The van der Waals surface area contributed by atoms with Crippen LogP contribution in [0.2, 0.25) is 0 Å². The standard InChI is InChI=1S/C15H21N3O2/c1-15(2)9-11(15)14(20)18-12-6-4-3-5-10(12)13(19)17-8-7-16/h3-6,11H,7-9,16H2,1-2H3,(H,17,19)(H,18,20). The number of para-hydroxylation sites is 1. The van der Waals surface area contributed by atoms with Crippen molar-refractivity contribution in [2.24, 2.45) is 17.1 Å². The number of nitrogens with two attached hydrogens (primary N) is 1. The molecule has 5 nitrogen and oxygen atoms in total. The molecule has 20 heavy (non-hydrogen) atoms. The van der Waals surface area contributed by atoms with Crippen molar-refractivity contribution in [3.63, 3.8) is 0 Å². The summed E-state index contributed by atoms with van der Waals surface area (Å²) in [5.41, 5.74) is 6.45. The molecule has 1 aliphatic carbocycles. The number of nitrogens with one attached hydrogen (secondary N) is 2. The van der Waals surface area contributed by atoms with E-state index < -0.39 is 0 Å². The summed E-state index contributed by atoms with van der Waals surface area (Å²) in [5, 5.41) is 5.56. The second-order valence-corrected chi connectivity index (χ2v) is 5.82. The number of hydrogen-bond acceptors (Lipinski definition) is 3. The zero-order valence-corrected chi connectivity index (χ0v) is 11.9. The number of carbonyl (C=O) groups is 2. The Morgan fingerprint density at radius 2 is 2.00 bits per heavy atom. The fourth-order valence-corrected chi connectivity index (χ4v) is 2.21. The van der Waals surface area contributed by atoms with Gasteiger partial charge in [0.2, 0.25) is 5.91 Å². The predicted octanol–water partition coefficient (Wildman–Crippen LogP) is 1.36. The Balaban J connectivity index is 2.08. The van der Waals surface area contributed by atoms with Gasteiger partial charge in [-0.15, -0.1) is 0 Å². The molecule has 0 aromatic heterocycles. The van der Waals surface area contributed by atoms with Gasteiger partial charge in [-0.2, -0.15) is 0 Å². The van der Waals surface area contributed by atoms with Crippen LogP contribution in [0.15, 0.2) is 24.3 Å². The highest BCUT2D eigenvalue weighted by Crippen LogP contribution is 2.52. The molecule has 0 saturated heterocycles. The maximum absolute atomic E-state index is 12.1. The maximum atomic E-state index is 12.1. The number of amides is 2. The third kappa shape index (κ3) is 3.17. The smallest absolute Gasteiger partial charge is 0.253 e. The Labute approximate surface area is 118 Å². The van der Waals surface area contributed by atoms with E-state index in [0.29, 0.717) is 24.3 Å². The van der Waals surface area contributed by atoms with Crippen LogP contribution in [0.25, 0.3) is 0 Å². The SMILES string of the molecule is CC1(C)CC1C(=O)Nc1ccccc1C(=O)NCCN. The van der Waals surface area contributed by atoms with Gasteiger partial charge in [-0.25, -0.2) is 0 Å². The first-order valence-corrected chi connectivity index (χ1v) is 6.84. The summed E-state index contributed by atoms with van der Waals surface area (Å²) in [6.45, 7) is 4.93. The van der Waals surface area contributed by atoms with Crippen molar-refractivity contribution in [3.8, 4) is 0 Å². The quantitative estimate of drug-likeness (QED) is 0.758. The summed E-state index contributed by atoms with van der Waals surface area (Å²) in [6.07, 6.45) is 0.889. The van der Waals surface area contributed by atoms with Crippen molar-refractivity contribution in [2.75, 3.05) is 18.4 Å². The fraction of sp³-hybridized carbons (Fsp3) is 0.467. The molecule has 1 atom stereocenters. The van der Waals surface area contributed by atoms with E-state index in [0.717, 1.165) is 6.42 Å². The molecule has 1 aromatic carbocycles. The first kappa shape index (κ1) is 14.5. The topological polar surface area (TPSA) is 84.2 Å². The van der Waals surface area contributed by atoms with Crippen LogP contribution in [0.3, 0.4) is 0 Å². The second-order valence-electron chi connectivity index (χ2n) is 5.82. The molecule has 0 spiro atoms. The number of benzene rings is 1. The first-order valence-electron chi connectivity index (χ1n) is 6.84. The van der Waals surface area contributed by atoms with Crippen LogP contribution >= 0.6 is 0 Å². The summed E-state index contributed by atoms with van der Waals surface area (Å²) in [6, 6.07) is 7.01. The Hall–Kier alpha value is -1.88. The Kier molecular flexibility index (Phi) is 4.09. The van der Waals surface area contributed by atoms with Gasteiger partial charge in [-0.3, -0.25) is 9.59 Å². The molecule has 0 radical (unpaired) electrons. The lowest BCUT2D eigenvalue weighted by Gasteiger charge is -2.11. The Bertz CT molecular complexity index is 526. The molecule has 1 aromatic rings. The molecule has 0 aliphatic heterocycles. The molecular weight excluding hydrogens is 254 g/mol. The van der Waals surface area contributed by atoms with Gasteiger partial charge >= 0.3 is 0 Å². The summed E-state index contributed by atoms with van der Waals surface area (Å²) < 4.78 is 0. The molecule has 1 aliphatic rings. The molecule has 4 N–H and O–H groups in total. The van der Waals surface area contributed by atoms with E-state index in [9.17, 15) is 9.59 Å². The summed E-state index contributed by atoms with van der Waals surface area (Å²) in [4.78, 5) is 24.1. The molecule has 1 saturated carbocycles. The van der Waals surface area contributed by atoms with Crippen molar-refractivity contribution < 1.29 is 9.59 Å². The minimum absolute atomic E-state index is 0.0194. The van der Waals surface area contributed by atoms with Crippen LogP contribution in [0, 0.1) is 11.3 Å². The van der Waals surface area contributed by atoms with Crippen molar-refractivity contribution >= 4 is 17.5 Å².